The van der Waals surface area contributed by atoms with Crippen molar-refractivity contribution in [3.8, 4) is 0 Å². The molecule has 7 heteroatoms. The van der Waals surface area contributed by atoms with Gasteiger partial charge in [-0.3, -0.25) is 9.59 Å². The van der Waals surface area contributed by atoms with E-state index in [9.17, 15) is 22.8 Å². The third-order valence-electron chi connectivity index (χ3n) is 4.78. The van der Waals surface area contributed by atoms with Crippen LogP contribution in [-0.2, 0) is 15.8 Å². The Hall–Kier alpha value is -2.83. The van der Waals surface area contributed by atoms with E-state index in [1.54, 1.807) is 4.90 Å². The van der Waals surface area contributed by atoms with Gasteiger partial charge in [0.2, 0.25) is 11.8 Å². The van der Waals surface area contributed by atoms with Crippen molar-refractivity contribution in [2.24, 2.45) is 5.92 Å². The molecule has 0 radical (unpaired) electrons. The largest absolute Gasteiger partial charge is 0.416 e. The molecule has 1 heterocycles. The Morgan fingerprint density at radius 3 is 2.33 bits per heavy atom. The molecule has 0 aliphatic carbocycles. The van der Waals surface area contributed by atoms with Gasteiger partial charge < -0.3 is 10.2 Å². The van der Waals surface area contributed by atoms with Gasteiger partial charge in [-0.15, -0.1) is 0 Å². The summed E-state index contributed by atoms with van der Waals surface area (Å²) in [4.78, 5) is 26.3. The highest BCUT2D eigenvalue weighted by molar-refractivity contribution is 6.03. The Bertz CT molecular complexity index is 876. The van der Waals surface area contributed by atoms with Gasteiger partial charge >= 0.3 is 6.18 Å². The van der Waals surface area contributed by atoms with Crippen LogP contribution >= 0.6 is 0 Å². The van der Waals surface area contributed by atoms with Crippen molar-refractivity contribution in [3.05, 3.63) is 59.2 Å². The van der Waals surface area contributed by atoms with Crippen molar-refractivity contribution in [3.63, 3.8) is 0 Å². The lowest BCUT2D eigenvalue weighted by Gasteiger charge is -2.18. The topological polar surface area (TPSA) is 49.4 Å². The molecule has 1 fully saturated rings. The van der Waals surface area contributed by atoms with Crippen LogP contribution in [0.5, 0.6) is 0 Å². The number of benzene rings is 2. The molecule has 2 amide bonds. The van der Waals surface area contributed by atoms with Gasteiger partial charge in [0.15, 0.2) is 0 Å². The number of amides is 2. The van der Waals surface area contributed by atoms with Gasteiger partial charge in [-0.1, -0.05) is 6.07 Å². The van der Waals surface area contributed by atoms with Crippen LogP contribution in [0.25, 0.3) is 0 Å². The van der Waals surface area contributed by atoms with Gasteiger partial charge in [-0.2, -0.15) is 13.2 Å². The van der Waals surface area contributed by atoms with Crippen molar-refractivity contribution in [1.82, 2.24) is 0 Å². The number of anilines is 2. The molecule has 4 nitrogen and oxygen atoms in total. The van der Waals surface area contributed by atoms with Crippen molar-refractivity contribution in [2.75, 3.05) is 16.8 Å². The van der Waals surface area contributed by atoms with E-state index in [1.807, 2.05) is 32.0 Å². The molecule has 1 N–H and O–H groups in total. The number of nitrogens with one attached hydrogen (secondary N) is 1. The van der Waals surface area contributed by atoms with Crippen LogP contribution in [0.4, 0.5) is 24.5 Å². The smallest absolute Gasteiger partial charge is 0.326 e. The SMILES string of the molecule is Cc1ccc(N2CC(C(=O)Nc3ccc(C(F)(F)F)cc3)CC2=O)cc1C. The second-order valence-corrected chi connectivity index (χ2v) is 6.74. The average Bonchev–Trinajstić information content (AvgIpc) is 2.99. The molecule has 1 aliphatic rings. The molecule has 1 saturated heterocycles. The number of carbonyl (C=O) groups is 2. The van der Waals surface area contributed by atoms with Crippen LogP contribution in [-0.4, -0.2) is 18.4 Å². The van der Waals surface area contributed by atoms with Crippen molar-refractivity contribution in [1.29, 1.82) is 0 Å². The van der Waals surface area contributed by atoms with E-state index in [0.717, 1.165) is 28.9 Å². The Kier molecular flexibility index (Phi) is 4.95. The monoisotopic (exact) mass is 376 g/mol. The molecule has 0 saturated carbocycles. The molecule has 0 aromatic heterocycles. The zero-order valence-corrected chi connectivity index (χ0v) is 14.9. The molecule has 2 aromatic carbocycles. The summed E-state index contributed by atoms with van der Waals surface area (Å²) in [7, 11) is 0. The molecule has 142 valence electrons. The van der Waals surface area contributed by atoms with Gasteiger partial charge in [-0.25, -0.2) is 0 Å². The highest BCUT2D eigenvalue weighted by atomic mass is 19.4. The van der Waals surface area contributed by atoms with Gasteiger partial charge in [0, 0.05) is 24.3 Å². The summed E-state index contributed by atoms with van der Waals surface area (Å²) in [5.74, 6) is -1.08. The minimum absolute atomic E-state index is 0.0688. The number of hydrogen-bond donors (Lipinski definition) is 1. The van der Waals surface area contributed by atoms with Gasteiger partial charge in [-0.05, 0) is 61.4 Å². The molecular formula is C20H19F3N2O2. The summed E-state index contributed by atoms with van der Waals surface area (Å²) in [5, 5.41) is 2.59. The lowest BCUT2D eigenvalue weighted by Crippen LogP contribution is -2.28. The first-order chi connectivity index (χ1) is 12.6. The van der Waals surface area contributed by atoms with E-state index in [4.69, 9.17) is 0 Å². The van der Waals surface area contributed by atoms with E-state index >= 15 is 0 Å². The number of halogens is 3. The Morgan fingerprint density at radius 2 is 1.74 bits per heavy atom. The molecule has 3 rings (SSSR count). The average molecular weight is 376 g/mol. The fourth-order valence-corrected chi connectivity index (χ4v) is 3.01. The maximum atomic E-state index is 12.6. The van der Waals surface area contributed by atoms with Crippen LogP contribution < -0.4 is 10.2 Å². The van der Waals surface area contributed by atoms with E-state index in [-0.39, 0.29) is 30.5 Å². The molecule has 0 spiro atoms. The van der Waals surface area contributed by atoms with Crippen molar-refractivity contribution in [2.45, 2.75) is 26.4 Å². The number of aryl methyl sites for hydroxylation is 2. The third kappa shape index (κ3) is 4.13. The van der Waals surface area contributed by atoms with Crippen molar-refractivity contribution >= 4 is 23.2 Å². The highest BCUT2D eigenvalue weighted by Gasteiger charge is 2.35. The summed E-state index contributed by atoms with van der Waals surface area (Å²) in [6.07, 6.45) is -4.35. The fourth-order valence-electron chi connectivity index (χ4n) is 3.01. The molecule has 1 atom stereocenters. The predicted octanol–water partition coefficient (Wildman–Crippen LogP) is 4.31. The molecule has 1 unspecified atom stereocenters. The van der Waals surface area contributed by atoms with E-state index < -0.39 is 17.7 Å². The molecular weight excluding hydrogens is 357 g/mol. The Balaban J connectivity index is 1.67. The number of carbonyl (C=O) groups excluding carboxylic acids is 2. The molecule has 27 heavy (non-hydrogen) atoms. The zero-order chi connectivity index (χ0) is 19.8. The molecule has 0 bridgehead atoms. The summed E-state index contributed by atoms with van der Waals surface area (Å²) < 4.78 is 37.8. The lowest BCUT2D eigenvalue weighted by atomic mass is 10.1. The van der Waals surface area contributed by atoms with Crippen LogP contribution in [0.1, 0.15) is 23.1 Å². The lowest BCUT2D eigenvalue weighted by molar-refractivity contribution is -0.137. The summed E-state index contributed by atoms with van der Waals surface area (Å²) in [6, 6.07) is 9.91. The predicted molar refractivity (Wildman–Crippen MR) is 96.4 cm³/mol. The minimum Gasteiger partial charge on any atom is -0.326 e. The molecule has 2 aromatic rings. The highest BCUT2D eigenvalue weighted by Crippen LogP contribution is 2.31. The summed E-state index contributed by atoms with van der Waals surface area (Å²) >= 11 is 0. The first-order valence-corrected chi connectivity index (χ1v) is 8.51. The van der Waals surface area contributed by atoms with Crippen LogP contribution in [0.2, 0.25) is 0 Å². The first-order valence-electron chi connectivity index (χ1n) is 8.51. The molecule has 1 aliphatic heterocycles. The zero-order valence-electron chi connectivity index (χ0n) is 14.9. The number of alkyl halides is 3. The van der Waals surface area contributed by atoms with E-state index in [2.05, 4.69) is 5.32 Å². The number of rotatable bonds is 3. The van der Waals surface area contributed by atoms with Gasteiger partial charge in [0.25, 0.3) is 0 Å². The third-order valence-corrected chi connectivity index (χ3v) is 4.78. The second-order valence-electron chi connectivity index (χ2n) is 6.74. The summed E-state index contributed by atoms with van der Waals surface area (Å²) in [6.45, 7) is 4.17. The maximum absolute atomic E-state index is 12.6. The van der Waals surface area contributed by atoms with Crippen molar-refractivity contribution < 1.29 is 22.8 Å². The van der Waals surface area contributed by atoms with Crippen LogP contribution in [0.3, 0.4) is 0 Å². The second kappa shape index (κ2) is 7.06. The maximum Gasteiger partial charge on any atom is 0.416 e. The standard InChI is InChI=1S/C20H19F3N2O2/c1-12-3-8-17(9-13(12)2)25-11-14(10-18(25)26)19(27)24-16-6-4-15(5-7-16)20(21,22)23/h3-9,14H,10-11H2,1-2H3,(H,24,27). The number of nitrogens with zero attached hydrogens (tertiary/aromatic N) is 1. The summed E-state index contributed by atoms with van der Waals surface area (Å²) in [5.41, 5.74) is 2.40. The quantitative estimate of drug-likeness (QED) is 0.868. The Morgan fingerprint density at radius 1 is 1.07 bits per heavy atom. The fraction of sp³-hybridized carbons (Fsp3) is 0.300. The van der Waals surface area contributed by atoms with E-state index in [0.29, 0.717) is 0 Å². The normalized spacial score (nSPS) is 17.3. The Labute approximate surface area is 155 Å². The number of hydrogen-bond acceptors (Lipinski definition) is 2. The van der Waals surface area contributed by atoms with Gasteiger partial charge in [0.05, 0.1) is 11.5 Å². The minimum atomic E-state index is -4.42. The van der Waals surface area contributed by atoms with E-state index in [1.165, 1.54) is 12.1 Å². The first kappa shape index (κ1) is 18.9. The van der Waals surface area contributed by atoms with Crippen LogP contribution in [0, 0.1) is 19.8 Å². The van der Waals surface area contributed by atoms with Gasteiger partial charge in [0.1, 0.15) is 0 Å². The van der Waals surface area contributed by atoms with Crippen LogP contribution in [0.15, 0.2) is 42.5 Å².